The van der Waals surface area contributed by atoms with Gasteiger partial charge in [0.15, 0.2) is 0 Å². The first-order chi connectivity index (χ1) is 11.7. The van der Waals surface area contributed by atoms with E-state index < -0.39 is 0 Å². The third-order valence-corrected chi connectivity index (χ3v) is 6.77. The number of likely N-dealkylation sites (tertiary alicyclic amines) is 2. The highest BCUT2D eigenvalue weighted by molar-refractivity contribution is 5.79. The lowest BCUT2D eigenvalue weighted by Crippen LogP contribution is -2.46. The van der Waals surface area contributed by atoms with E-state index in [0.29, 0.717) is 17.4 Å². The van der Waals surface area contributed by atoms with Crippen LogP contribution >= 0.6 is 0 Å². The van der Waals surface area contributed by atoms with Crippen LogP contribution in [0.25, 0.3) is 0 Å². The molecule has 134 valence electrons. The second-order valence-corrected chi connectivity index (χ2v) is 8.65. The summed E-state index contributed by atoms with van der Waals surface area (Å²) in [5, 5.41) is 0. The highest BCUT2D eigenvalue weighted by Crippen LogP contribution is 2.45. The van der Waals surface area contributed by atoms with Crippen molar-refractivity contribution < 1.29 is 9.53 Å². The van der Waals surface area contributed by atoms with Crippen LogP contribution in [-0.4, -0.2) is 61.6 Å². The van der Waals surface area contributed by atoms with Gasteiger partial charge in [0.2, 0.25) is 5.91 Å². The normalized spacial score (nSPS) is 30.5. The molecule has 1 amide bonds. The van der Waals surface area contributed by atoms with Crippen LogP contribution in [0.1, 0.15) is 44.9 Å². The number of amides is 1. The zero-order valence-electron chi connectivity index (χ0n) is 15.1. The van der Waals surface area contributed by atoms with Crippen LogP contribution < -0.4 is 0 Å². The van der Waals surface area contributed by atoms with Crippen LogP contribution in [0.4, 0.5) is 0 Å². The Kier molecular flexibility index (Phi) is 4.70. The van der Waals surface area contributed by atoms with Gasteiger partial charge in [-0.2, -0.15) is 0 Å². The first-order valence-corrected chi connectivity index (χ1v) is 9.86. The largest absolute Gasteiger partial charge is 0.383 e. The number of carbonyl (C=O) groups excluding carboxylic acids is 1. The van der Waals surface area contributed by atoms with Crippen molar-refractivity contribution in [3.63, 3.8) is 0 Å². The Morgan fingerprint density at radius 2 is 1.92 bits per heavy atom. The number of piperidine rings is 1. The standard InChI is InChI=1S/C20H32N2O2/c1-24-14-18-12-20(15-22(18)13-16-6-7-16)8-10-21(11-9-20)19(23)17-4-2-3-5-17/h2-3,16-18H,4-15H2,1H3/t18-/m1/s1. The molecule has 2 aliphatic carbocycles. The summed E-state index contributed by atoms with van der Waals surface area (Å²) < 4.78 is 5.51. The monoisotopic (exact) mass is 332 g/mol. The molecule has 24 heavy (non-hydrogen) atoms. The molecule has 0 aromatic heterocycles. The van der Waals surface area contributed by atoms with Gasteiger partial charge >= 0.3 is 0 Å². The lowest BCUT2D eigenvalue weighted by Gasteiger charge is -2.40. The number of ether oxygens (including phenoxy) is 1. The van der Waals surface area contributed by atoms with Gasteiger partial charge in [-0.3, -0.25) is 9.69 Å². The van der Waals surface area contributed by atoms with Crippen molar-refractivity contribution in [1.29, 1.82) is 0 Å². The average Bonchev–Trinajstić information content (AvgIpc) is 3.11. The van der Waals surface area contributed by atoms with E-state index in [2.05, 4.69) is 22.0 Å². The first kappa shape index (κ1) is 16.6. The molecule has 0 radical (unpaired) electrons. The molecule has 4 aliphatic rings. The molecule has 1 atom stereocenters. The van der Waals surface area contributed by atoms with E-state index in [1.807, 2.05) is 7.11 Å². The molecular formula is C20H32N2O2. The van der Waals surface area contributed by atoms with Crippen LogP contribution in [0.3, 0.4) is 0 Å². The maximum Gasteiger partial charge on any atom is 0.226 e. The van der Waals surface area contributed by atoms with Crippen molar-refractivity contribution in [2.24, 2.45) is 17.3 Å². The minimum atomic E-state index is 0.232. The highest BCUT2D eigenvalue weighted by Gasteiger charge is 2.47. The molecule has 4 heteroatoms. The molecule has 1 saturated carbocycles. The topological polar surface area (TPSA) is 32.8 Å². The molecule has 2 heterocycles. The van der Waals surface area contributed by atoms with Gasteiger partial charge in [-0.05, 0) is 56.3 Å². The SMILES string of the molecule is COC[C@H]1CC2(CCN(C(=O)C3CC=CC3)CC2)CN1CC1CC1. The summed E-state index contributed by atoms with van der Waals surface area (Å²) in [7, 11) is 1.83. The Balaban J connectivity index is 1.34. The van der Waals surface area contributed by atoms with E-state index >= 15 is 0 Å². The summed E-state index contributed by atoms with van der Waals surface area (Å²) in [5.41, 5.74) is 0.433. The van der Waals surface area contributed by atoms with Crippen molar-refractivity contribution in [2.75, 3.05) is 39.9 Å². The molecule has 0 aromatic rings. The lowest BCUT2D eigenvalue weighted by atomic mass is 9.76. The number of allylic oxidation sites excluding steroid dienone is 2. The van der Waals surface area contributed by atoms with Crippen molar-refractivity contribution in [3.8, 4) is 0 Å². The zero-order valence-corrected chi connectivity index (χ0v) is 15.1. The minimum absolute atomic E-state index is 0.232. The van der Waals surface area contributed by atoms with Crippen molar-refractivity contribution in [2.45, 2.75) is 51.0 Å². The summed E-state index contributed by atoms with van der Waals surface area (Å²) in [6.07, 6.45) is 12.7. The number of methoxy groups -OCH3 is 1. The number of rotatable bonds is 5. The van der Waals surface area contributed by atoms with Gasteiger partial charge in [0.05, 0.1) is 6.61 Å². The Morgan fingerprint density at radius 3 is 2.54 bits per heavy atom. The fraction of sp³-hybridized carbons (Fsp3) is 0.850. The third-order valence-electron chi connectivity index (χ3n) is 6.77. The Morgan fingerprint density at radius 1 is 1.21 bits per heavy atom. The summed E-state index contributed by atoms with van der Waals surface area (Å²) in [5.74, 6) is 1.57. The Bertz CT molecular complexity index is 484. The second kappa shape index (κ2) is 6.80. The van der Waals surface area contributed by atoms with Crippen molar-refractivity contribution in [1.82, 2.24) is 9.80 Å². The van der Waals surface area contributed by atoms with E-state index in [1.54, 1.807) is 0 Å². The summed E-state index contributed by atoms with van der Waals surface area (Å²) in [6.45, 7) is 5.29. The van der Waals surface area contributed by atoms with Gasteiger partial charge in [0.1, 0.15) is 0 Å². The maximum absolute atomic E-state index is 12.6. The number of nitrogens with zero attached hydrogens (tertiary/aromatic N) is 2. The van der Waals surface area contributed by atoms with Gasteiger partial charge in [-0.1, -0.05) is 12.2 Å². The fourth-order valence-corrected chi connectivity index (χ4v) is 5.10. The molecule has 0 bridgehead atoms. The Hall–Kier alpha value is -0.870. The summed E-state index contributed by atoms with van der Waals surface area (Å²) >= 11 is 0. The average molecular weight is 332 g/mol. The van der Waals surface area contributed by atoms with Gasteiger partial charge in [0.25, 0.3) is 0 Å². The fourth-order valence-electron chi connectivity index (χ4n) is 5.10. The van der Waals surface area contributed by atoms with E-state index in [0.717, 1.165) is 38.5 Å². The zero-order chi connectivity index (χ0) is 16.6. The van der Waals surface area contributed by atoms with Crippen LogP contribution in [-0.2, 0) is 9.53 Å². The molecular weight excluding hydrogens is 300 g/mol. The Labute approximate surface area is 146 Å². The quantitative estimate of drug-likeness (QED) is 0.726. The second-order valence-electron chi connectivity index (χ2n) is 8.65. The smallest absolute Gasteiger partial charge is 0.226 e. The minimum Gasteiger partial charge on any atom is -0.383 e. The van der Waals surface area contributed by atoms with Crippen LogP contribution in [0.2, 0.25) is 0 Å². The number of hydrogen-bond donors (Lipinski definition) is 0. The van der Waals surface area contributed by atoms with E-state index in [1.165, 1.54) is 45.2 Å². The van der Waals surface area contributed by atoms with E-state index in [4.69, 9.17) is 4.74 Å². The summed E-state index contributed by atoms with van der Waals surface area (Å²) in [4.78, 5) is 17.5. The van der Waals surface area contributed by atoms with Crippen LogP contribution in [0, 0.1) is 17.3 Å². The molecule has 2 aliphatic heterocycles. The molecule has 4 nitrogen and oxygen atoms in total. The number of hydrogen-bond acceptors (Lipinski definition) is 3. The highest BCUT2D eigenvalue weighted by atomic mass is 16.5. The van der Waals surface area contributed by atoms with Crippen molar-refractivity contribution >= 4 is 5.91 Å². The van der Waals surface area contributed by atoms with Gasteiger partial charge in [0, 0.05) is 45.2 Å². The molecule has 0 unspecified atom stereocenters. The number of carbonyl (C=O) groups is 1. The first-order valence-electron chi connectivity index (χ1n) is 9.86. The van der Waals surface area contributed by atoms with Gasteiger partial charge < -0.3 is 9.64 Å². The molecule has 0 N–H and O–H groups in total. The predicted octanol–water partition coefficient (Wildman–Crippen LogP) is 2.69. The van der Waals surface area contributed by atoms with E-state index in [9.17, 15) is 4.79 Å². The third kappa shape index (κ3) is 3.41. The van der Waals surface area contributed by atoms with Crippen molar-refractivity contribution in [3.05, 3.63) is 12.2 Å². The molecule has 4 rings (SSSR count). The summed E-state index contributed by atoms with van der Waals surface area (Å²) in [6, 6.07) is 0.594. The molecule has 0 aromatic carbocycles. The van der Waals surface area contributed by atoms with Gasteiger partial charge in [-0.15, -0.1) is 0 Å². The molecule has 1 spiro atoms. The maximum atomic E-state index is 12.6. The van der Waals surface area contributed by atoms with Gasteiger partial charge in [-0.25, -0.2) is 0 Å². The van der Waals surface area contributed by atoms with Crippen LogP contribution in [0.15, 0.2) is 12.2 Å². The van der Waals surface area contributed by atoms with Crippen LogP contribution in [0.5, 0.6) is 0 Å². The molecule has 2 saturated heterocycles. The molecule has 3 fully saturated rings. The van der Waals surface area contributed by atoms with E-state index in [-0.39, 0.29) is 5.92 Å². The predicted molar refractivity (Wildman–Crippen MR) is 94.7 cm³/mol. The lowest BCUT2D eigenvalue weighted by molar-refractivity contribution is -0.137.